The SMILES string of the molecule is CNCC1CCC1c1ccc(C(C)(C)C)cc1. The Morgan fingerprint density at radius 3 is 2.18 bits per heavy atom. The Morgan fingerprint density at radius 1 is 1.12 bits per heavy atom. The summed E-state index contributed by atoms with van der Waals surface area (Å²) in [7, 11) is 2.05. The highest BCUT2D eigenvalue weighted by atomic mass is 14.8. The molecule has 1 nitrogen and oxygen atoms in total. The summed E-state index contributed by atoms with van der Waals surface area (Å²) in [5, 5.41) is 3.31. The molecule has 0 saturated heterocycles. The van der Waals surface area contributed by atoms with Crippen LogP contribution in [-0.2, 0) is 5.41 Å². The topological polar surface area (TPSA) is 12.0 Å². The fraction of sp³-hybridized carbons (Fsp3) is 0.625. The molecule has 0 heterocycles. The Labute approximate surface area is 106 Å². The molecule has 1 heteroatoms. The lowest BCUT2D eigenvalue weighted by molar-refractivity contribution is 0.250. The monoisotopic (exact) mass is 231 g/mol. The third-order valence-corrected chi connectivity index (χ3v) is 4.09. The maximum absolute atomic E-state index is 3.31. The summed E-state index contributed by atoms with van der Waals surface area (Å²) in [6.07, 6.45) is 2.74. The predicted octanol–water partition coefficient (Wildman–Crippen LogP) is 3.70. The molecule has 0 aliphatic heterocycles. The normalized spacial score (nSPS) is 24.5. The van der Waals surface area contributed by atoms with Gasteiger partial charge in [-0.15, -0.1) is 0 Å². The number of nitrogens with one attached hydrogen (secondary N) is 1. The van der Waals surface area contributed by atoms with Gasteiger partial charge in [0.15, 0.2) is 0 Å². The zero-order valence-electron chi connectivity index (χ0n) is 11.6. The van der Waals surface area contributed by atoms with Crippen LogP contribution in [0.15, 0.2) is 24.3 Å². The molecule has 1 aromatic carbocycles. The maximum atomic E-state index is 3.31. The van der Waals surface area contributed by atoms with Crippen molar-refractivity contribution in [2.75, 3.05) is 13.6 Å². The Morgan fingerprint density at radius 2 is 1.76 bits per heavy atom. The van der Waals surface area contributed by atoms with Gasteiger partial charge in [0.1, 0.15) is 0 Å². The van der Waals surface area contributed by atoms with Gasteiger partial charge in [0.25, 0.3) is 0 Å². The largest absolute Gasteiger partial charge is 0.319 e. The number of hydrogen-bond acceptors (Lipinski definition) is 1. The Bertz CT molecular complexity index is 358. The van der Waals surface area contributed by atoms with Gasteiger partial charge in [0.2, 0.25) is 0 Å². The van der Waals surface area contributed by atoms with Crippen LogP contribution in [0.25, 0.3) is 0 Å². The average Bonchev–Trinajstić information content (AvgIpc) is 2.24. The molecule has 2 rings (SSSR count). The van der Waals surface area contributed by atoms with Gasteiger partial charge in [-0.2, -0.15) is 0 Å². The van der Waals surface area contributed by atoms with Gasteiger partial charge >= 0.3 is 0 Å². The van der Waals surface area contributed by atoms with E-state index in [2.05, 4.69) is 57.4 Å². The first-order valence-electron chi connectivity index (χ1n) is 6.77. The molecule has 0 amide bonds. The second-order valence-corrected chi connectivity index (χ2v) is 6.37. The molecule has 0 radical (unpaired) electrons. The summed E-state index contributed by atoms with van der Waals surface area (Å²) in [4.78, 5) is 0. The molecule has 17 heavy (non-hydrogen) atoms. The van der Waals surface area contributed by atoms with Crippen molar-refractivity contribution in [1.82, 2.24) is 5.32 Å². The van der Waals surface area contributed by atoms with Crippen molar-refractivity contribution in [2.24, 2.45) is 5.92 Å². The van der Waals surface area contributed by atoms with Crippen molar-refractivity contribution in [3.63, 3.8) is 0 Å². The average molecular weight is 231 g/mol. The molecule has 1 aliphatic carbocycles. The second kappa shape index (κ2) is 4.81. The van der Waals surface area contributed by atoms with Crippen LogP contribution in [0.3, 0.4) is 0 Å². The minimum Gasteiger partial charge on any atom is -0.319 e. The fourth-order valence-electron chi connectivity index (χ4n) is 2.74. The standard InChI is InChI=1S/C16H25N/c1-16(2,3)14-8-5-12(6-9-14)15-10-7-13(15)11-17-4/h5-6,8-9,13,15,17H,7,10-11H2,1-4H3. The molecule has 0 bridgehead atoms. The van der Waals surface area contributed by atoms with Gasteiger partial charge < -0.3 is 5.32 Å². The lowest BCUT2D eigenvalue weighted by Gasteiger charge is -2.37. The molecular formula is C16H25N. The quantitative estimate of drug-likeness (QED) is 0.836. The molecular weight excluding hydrogens is 206 g/mol. The van der Waals surface area contributed by atoms with E-state index in [4.69, 9.17) is 0 Å². The van der Waals surface area contributed by atoms with E-state index in [0.717, 1.165) is 18.4 Å². The zero-order chi connectivity index (χ0) is 12.5. The van der Waals surface area contributed by atoms with Crippen LogP contribution in [0.4, 0.5) is 0 Å². The van der Waals surface area contributed by atoms with Crippen LogP contribution in [0, 0.1) is 5.92 Å². The highest BCUT2D eigenvalue weighted by Gasteiger charge is 2.31. The molecule has 1 aromatic rings. The van der Waals surface area contributed by atoms with Crippen LogP contribution in [0.2, 0.25) is 0 Å². The van der Waals surface area contributed by atoms with E-state index in [1.807, 2.05) is 0 Å². The van der Waals surface area contributed by atoms with Gasteiger partial charge in [0, 0.05) is 0 Å². The number of hydrogen-bond donors (Lipinski definition) is 1. The minimum atomic E-state index is 0.266. The van der Waals surface area contributed by atoms with E-state index in [1.165, 1.54) is 24.0 Å². The molecule has 1 N–H and O–H groups in total. The first-order valence-corrected chi connectivity index (χ1v) is 6.77. The van der Waals surface area contributed by atoms with E-state index in [0.29, 0.717) is 0 Å². The summed E-state index contributed by atoms with van der Waals surface area (Å²) < 4.78 is 0. The van der Waals surface area contributed by atoms with Crippen molar-refractivity contribution in [1.29, 1.82) is 0 Å². The lowest BCUT2D eigenvalue weighted by atomic mass is 9.69. The first-order chi connectivity index (χ1) is 8.02. The van der Waals surface area contributed by atoms with Crippen LogP contribution in [-0.4, -0.2) is 13.6 Å². The molecule has 1 aliphatic rings. The predicted molar refractivity (Wildman–Crippen MR) is 74.5 cm³/mol. The highest BCUT2D eigenvalue weighted by molar-refractivity contribution is 5.31. The van der Waals surface area contributed by atoms with E-state index in [9.17, 15) is 0 Å². The first kappa shape index (κ1) is 12.6. The van der Waals surface area contributed by atoms with Crippen LogP contribution < -0.4 is 5.32 Å². The molecule has 2 atom stereocenters. The van der Waals surface area contributed by atoms with Crippen LogP contribution >= 0.6 is 0 Å². The van der Waals surface area contributed by atoms with Crippen LogP contribution in [0.5, 0.6) is 0 Å². The molecule has 2 unspecified atom stereocenters. The summed E-state index contributed by atoms with van der Waals surface area (Å²) in [6, 6.07) is 9.30. The summed E-state index contributed by atoms with van der Waals surface area (Å²) >= 11 is 0. The van der Waals surface area contributed by atoms with E-state index in [1.54, 1.807) is 0 Å². The van der Waals surface area contributed by atoms with E-state index < -0.39 is 0 Å². The molecule has 0 aromatic heterocycles. The third-order valence-electron chi connectivity index (χ3n) is 4.09. The molecule has 0 spiro atoms. The molecule has 1 fully saturated rings. The van der Waals surface area contributed by atoms with E-state index >= 15 is 0 Å². The Balaban J connectivity index is 2.08. The van der Waals surface area contributed by atoms with Crippen molar-refractivity contribution in [2.45, 2.75) is 44.9 Å². The van der Waals surface area contributed by atoms with E-state index in [-0.39, 0.29) is 5.41 Å². The smallest absolute Gasteiger partial charge is 0.00177 e. The van der Waals surface area contributed by atoms with Crippen molar-refractivity contribution in [3.05, 3.63) is 35.4 Å². The number of benzene rings is 1. The molecule has 1 saturated carbocycles. The Hall–Kier alpha value is -0.820. The van der Waals surface area contributed by atoms with Gasteiger partial charge in [-0.3, -0.25) is 0 Å². The van der Waals surface area contributed by atoms with Gasteiger partial charge in [-0.25, -0.2) is 0 Å². The maximum Gasteiger partial charge on any atom is -0.00177 e. The number of rotatable bonds is 3. The summed E-state index contributed by atoms with van der Waals surface area (Å²) in [5.41, 5.74) is 3.23. The highest BCUT2D eigenvalue weighted by Crippen LogP contribution is 2.42. The van der Waals surface area contributed by atoms with Gasteiger partial charge in [0.05, 0.1) is 0 Å². The van der Waals surface area contributed by atoms with Gasteiger partial charge in [-0.05, 0) is 54.8 Å². The summed E-state index contributed by atoms with van der Waals surface area (Å²) in [5.74, 6) is 1.64. The summed E-state index contributed by atoms with van der Waals surface area (Å²) in [6.45, 7) is 7.98. The van der Waals surface area contributed by atoms with Gasteiger partial charge in [-0.1, -0.05) is 45.0 Å². The Kier molecular flexibility index (Phi) is 3.58. The van der Waals surface area contributed by atoms with Crippen molar-refractivity contribution >= 4 is 0 Å². The van der Waals surface area contributed by atoms with Crippen molar-refractivity contribution in [3.8, 4) is 0 Å². The lowest BCUT2D eigenvalue weighted by Crippen LogP contribution is -2.32. The second-order valence-electron chi connectivity index (χ2n) is 6.37. The van der Waals surface area contributed by atoms with Crippen LogP contribution in [0.1, 0.15) is 50.7 Å². The fourth-order valence-corrected chi connectivity index (χ4v) is 2.74. The third kappa shape index (κ3) is 2.71. The minimum absolute atomic E-state index is 0.266. The zero-order valence-corrected chi connectivity index (χ0v) is 11.6. The van der Waals surface area contributed by atoms with Crippen molar-refractivity contribution < 1.29 is 0 Å². The molecule has 94 valence electrons.